The topological polar surface area (TPSA) is 64.7 Å². The lowest BCUT2D eigenvalue weighted by Gasteiger charge is -2.12. The van der Waals surface area contributed by atoms with E-state index in [1.165, 1.54) is 0 Å². The Kier molecular flexibility index (Phi) is 4.85. The average Bonchev–Trinajstić information content (AvgIpc) is 2.49. The molecular formula is C16H19NO3. The number of para-hydroxylation sites is 1. The number of aliphatic hydroxyl groups excluding tert-OH is 1. The number of nitrogens with two attached hydrogens (primary N) is 1. The Morgan fingerprint density at radius 3 is 2.60 bits per heavy atom. The molecule has 0 radical (unpaired) electrons. The molecule has 0 saturated heterocycles. The van der Waals surface area contributed by atoms with Gasteiger partial charge in [0.05, 0.1) is 20.3 Å². The molecule has 2 aromatic carbocycles. The molecule has 106 valence electrons. The van der Waals surface area contributed by atoms with Crippen molar-refractivity contribution in [2.24, 2.45) is 0 Å². The number of nitrogen functional groups attached to an aromatic ring is 1. The van der Waals surface area contributed by atoms with E-state index in [2.05, 4.69) is 0 Å². The smallest absolute Gasteiger partial charge is 0.161 e. The molecule has 0 bridgehead atoms. The molecule has 0 saturated carbocycles. The van der Waals surface area contributed by atoms with E-state index >= 15 is 0 Å². The fourth-order valence-corrected chi connectivity index (χ4v) is 1.96. The third kappa shape index (κ3) is 3.42. The summed E-state index contributed by atoms with van der Waals surface area (Å²) in [6.07, 6.45) is 0.734. The van der Waals surface area contributed by atoms with Crippen LogP contribution in [0.1, 0.15) is 11.1 Å². The molecule has 4 nitrogen and oxygen atoms in total. The van der Waals surface area contributed by atoms with Crippen LogP contribution in [0.2, 0.25) is 0 Å². The predicted octanol–water partition coefficient (Wildman–Crippen LogP) is 2.39. The molecule has 2 aromatic rings. The molecule has 0 heterocycles. The van der Waals surface area contributed by atoms with Crippen LogP contribution >= 0.6 is 0 Å². The van der Waals surface area contributed by atoms with Gasteiger partial charge in [0, 0.05) is 12.1 Å². The van der Waals surface area contributed by atoms with Crippen molar-refractivity contribution in [2.75, 3.05) is 19.5 Å². The number of ether oxygens (including phenoxy) is 2. The zero-order valence-electron chi connectivity index (χ0n) is 11.5. The van der Waals surface area contributed by atoms with E-state index in [0.717, 1.165) is 23.2 Å². The first kappa shape index (κ1) is 14.2. The number of methoxy groups -OCH3 is 1. The second-order valence-corrected chi connectivity index (χ2v) is 4.44. The van der Waals surface area contributed by atoms with Gasteiger partial charge < -0.3 is 20.3 Å². The zero-order valence-corrected chi connectivity index (χ0v) is 11.5. The van der Waals surface area contributed by atoms with Crippen molar-refractivity contribution < 1.29 is 14.6 Å². The summed E-state index contributed by atoms with van der Waals surface area (Å²) in [7, 11) is 1.58. The van der Waals surface area contributed by atoms with Gasteiger partial charge in [-0.15, -0.1) is 0 Å². The molecule has 0 aliphatic rings. The maximum Gasteiger partial charge on any atom is 0.161 e. The quantitative estimate of drug-likeness (QED) is 0.793. The monoisotopic (exact) mass is 273 g/mol. The minimum Gasteiger partial charge on any atom is -0.493 e. The van der Waals surface area contributed by atoms with Crippen molar-refractivity contribution in [2.45, 2.75) is 13.0 Å². The SMILES string of the molecule is COc1cc(CO)ccc1OCCc1ccccc1N. The van der Waals surface area contributed by atoms with Gasteiger partial charge >= 0.3 is 0 Å². The van der Waals surface area contributed by atoms with Crippen molar-refractivity contribution in [1.29, 1.82) is 0 Å². The van der Waals surface area contributed by atoms with Crippen LogP contribution in [0.4, 0.5) is 5.69 Å². The van der Waals surface area contributed by atoms with E-state index in [1.54, 1.807) is 19.2 Å². The fraction of sp³-hybridized carbons (Fsp3) is 0.250. The Morgan fingerprint density at radius 1 is 1.10 bits per heavy atom. The summed E-state index contributed by atoms with van der Waals surface area (Å²) in [4.78, 5) is 0. The summed E-state index contributed by atoms with van der Waals surface area (Å²) in [5, 5.41) is 9.09. The Balaban J connectivity index is 1.99. The van der Waals surface area contributed by atoms with E-state index in [0.29, 0.717) is 18.1 Å². The third-order valence-electron chi connectivity index (χ3n) is 3.09. The summed E-state index contributed by atoms with van der Waals surface area (Å²) >= 11 is 0. The molecule has 20 heavy (non-hydrogen) atoms. The summed E-state index contributed by atoms with van der Waals surface area (Å²) in [6, 6.07) is 13.1. The predicted molar refractivity (Wildman–Crippen MR) is 79.0 cm³/mol. The lowest BCUT2D eigenvalue weighted by Crippen LogP contribution is -2.05. The normalized spacial score (nSPS) is 10.3. The molecule has 0 aliphatic carbocycles. The molecule has 0 aliphatic heterocycles. The van der Waals surface area contributed by atoms with E-state index in [4.69, 9.17) is 20.3 Å². The van der Waals surface area contributed by atoms with Crippen molar-refractivity contribution in [3.63, 3.8) is 0 Å². The van der Waals surface area contributed by atoms with Crippen LogP contribution < -0.4 is 15.2 Å². The van der Waals surface area contributed by atoms with Crippen LogP contribution in [0.5, 0.6) is 11.5 Å². The highest BCUT2D eigenvalue weighted by molar-refractivity contribution is 5.46. The molecular weight excluding hydrogens is 254 g/mol. The molecule has 0 spiro atoms. The molecule has 0 atom stereocenters. The summed E-state index contributed by atoms with van der Waals surface area (Å²) in [6.45, 7) is 0.500. The lowest BCUT2D eigenvalue weighted by atomic mass is 10.1. The Hall–Kier alpha value is -2.20. The highest BCUT2D eigenvalue weighted by Crippen LogP contribution is 2.28. The van der Waals surface area contributed by atoms with Gasteiger partial charge in [0.15, 0.2) is 11.5 Å². The molecule has 0 fully saturated rings. The molecule has 2 rings (SSSR count). The largest absolute Gasteiger partial charge is 0.493 e. The third-order valence-corrected chi connectivity index (χ3v) is 3.09. The second-order valence-electron chi connectivity index (χ2n) is 4.44. The van der Waals surface area contributed by atoms with Crippen LogP contribution in [-0.4, -0.2) is 18.8 Å². The van der Waals surface area contributed by atoms with Crippen LogP contribution in [0.15, 0.2) is 42.5 Å². The number of hydrogen-bond acceptors (Lipinski definition) is 4. The minimum atomic E-state index is -0.0167. The Labute approximate surface area is 118 Å². The van der Waals surface area contributed by atoms with Crippen LogP contribution in [-0.2, 0) is 13.0 Å². The standard InChI is InChI=1S/C16H19NO3/c1-19-16-10-12(11-18)6-7-15(16)20-9-8-13-4-2-3-5-14(13)17/h2-7,10,18H,8-9,11,17H2,1H3. The number of benzene rings is 2. The van der Waals surface area contributed by atoms with E-state index in [9.17, 15) is 0 Å². The van der Waals surface area contributed by atoms with Crippen LogP contribution in [0.25, 0.3) is 0 Å². The van der Waals surface area contributed by atoms with E-state index in [-0.39, 0.29) is 6.61 Å². The lowest BCUT2D eigenvalue weighted by molar-refractivity contribution is 0.277. The second kappa shape index (κ2) is 6.82. The highest BCUT2D eigenvalue weighted by Gasteiger charge is 2.06. The molecule has 3 N–H and O–H groups in total. The van der Waals surface area contributed by atoms with Crippen molar-refractivity contribution in [3.8, 4) is 11.5 Å². The van der Waals surface area contributed by atoms with Crippen molar-refractivity contribution in [3.05, 3.63) is 53.6 Å². The molecule has 0 unspecified atom stereocenters. The fourth-order valence-electron chi connectivity index (χ4n) is 1.96. The van der Waals surface area contributed by atoms with Gasteiger partial charge in [-0.3, -0.25) is 0 Å². The number of aliphatic hydroxyl groups is 1. The first-order valence-corrected chi connectivity index (χ1v) is 6.48. The molecule has 4 heteroatoms. The molecule has 0 aromatic heterocycles. The Bertz CT molecular complexity index is 569. The van der Waals surface area contributed by atoms with Gasteiger partial charge in [0.2, 0.25) is 0 Å². The first-order valence-electron chi connectivity index (χ1n) is 6.48. The van der Waals surface area contributed by atoms with E-state index < -0.39 is 0 Å². The van der Waals surface area contributed by atoms with Gasteiger partial charge in [-0.05, 0) is 29.3 Å². The summed E-state index contributed by atoms with van der Waals surface area (Å²) in [5.74, 6) is 1.29. The van der Waals surface area contributed by atoms with Gasteiger partial charge in [-0.1, -0.05) is 24.3 Å². The van der Waals surface area contributed by atoms with Crippen LogP contribution in [0.3, 0.4) is 0 Å². The minimum absolute atomic E-state index is 0.0167. The summed E-state index contributed by atoms with van der Waals surface area (Å²) in [5.41, 5.74) is 8.52. The van der Waals surface area contributed by atoms with Crippen LogP contribution in [0, 0.1) is 0 Å². The molecule has 0 amide bonds. The van der Waals surface area contributed by atoms with Crippen molar-refractivity contribution >= 4 is 5.69 Å². The van der Waals surface area contributed by atoms with Gasteiger partial charge in [-0.2, -0.15) is 0 Å². The average molecular weight is 273 g/mol. The maximum atomic E-state index is 9.09. The van der Waals surface area contributed by atoms with Gasteiger partial charge in [0.25, 0.3) is 0 Å². The summed E-state index contributed by atoms with van der Waals surface area (Å²) < 4.78 is 11.0. The van der Waals surface area contributed by atoms with Gasteiger partial charge in [-0.25, -0.2) is 0 Å². The number of hydrogen-bond donors (Lipinski definition) is 2. The van der Waals surface area contributed by atoms with Crippen molar-refractivity contribution in [1.82, 2.24) is 0 Å². The first-order chi connectivity index (χ1) is 9.74. The maximum absolute atomic E-state index is 9.09. The Morgan fingerprint density at radius 2 is 1.90 bits per heavy atom. The van der Waals surface area contributed by atoms with Gasteiger partial charge in [0.1, 0.15) is 0 Å². The number of anilines is 1. The van der Waals surface area contributed by atoms with E-state index in [1.807, 2.05) is 30.3 Å². The zero-order chi connectivity index (χ0) is 14.4. The highest BCUT2D eigenvalue weighted by atomic mass is 16.5. The number of rotatable bonds is 6.